The normalized spacial score (nSPS) is 14.0. The van der Waals surface area contributed by atoms with Gasteiger partial charge >= 0.3 is 5.97 Å². The molecule has 3 unspecified atom stereocenters. The number of likely N-dealkylation sites (N-methyl/N-ethyl adjacent to an activating group) is 1. The molecule has 0 aromatic rings. The van der Waals surface area contributed by atoms with Gasteiger partial charge in [-0.2, -0.15) is 0 Å². The molecule has 0 aliphatic carbocycles. The summed E-state index contributed by atoms with van der Waals surface area (Å²) < 4.78 is 30.4. The largest absolute Gasteiger partial charge is 0.756 e. The van der Waals surface area contributed by atoms with E-state index in [0.717, 1.165) is 96.3 Å². The minimum absolute atomic E-state index is 0.0231. The summed E-state index contributed by atoms with van der Waals surface area (Å²) in [7, 11) is 1.19. The van der Waals surface area contributed by atoms with Gasteiger partial charge in [-0.1, -0.05) is 293 Å². The van der Waals surface area contributed by atoms with E-state index in [2.05, 4.69) is 86.8 Å². The highest BCUT2D eigenvalue weighted by molar-refractivity contribution is 7.45. The van der Waals surface area contributed by atoms with Crippen LogP contribution in [-0.4, -0.2) is 69.4 Å². The minimum Gasteiger partial charge on any atom is -0.756 e. The van der Waals surface area contributed by atoms with Gasteiger partial charge in [-0.05, 0) is 76.7 Å². The summed E-state index contributed by atoms with van der Waals surface area (Å²) >= 11 is 0. The SMILES string of the molecule is CC/C=C\C/C=C\C/C=C\C/C=C\C/C=C\CCCCCCCCCCCCCC(=O)NC(COP(=O)([O-])OCC[N+](C)(C)C)C(/C=C\CCCCCCCCCCCCC)OC(=O)CCCCCCCCCCCCCCCC. The predicted molar refractivity (Wildman–Crippen MR) is 344 cm³/mol. The number of nitrogens with one attached hydrogen (secondary N) is 1. The maximum Gasteiger partial charge on any atom is 0.306 e. The zero-order chi connectivity index (χ0) is 58.6. The van der Waals surface area contributed by atoms with Crippen LogP contribution in [-0.2, 0) is 27.9 Å². The first kappa shape index (κ1) is 77.5. The Bertz CT molecular complexity index is 1600. The summed E-state index contributed by atoms with van der Waals surface area (Å²) in [5, 5.41) is 3.04. The Labute approximate surface area is 495 Å². The van der Waals surface area contributed by atoms with Crippen LogP contribution in [0.2, 0.25) is 0 Å². The van der Waals surface area contributed by atoms with Crippen molar-refractivity contribution < 1.29 is 37.3 Å². The molecule has 0 fully saturated rings. The number of allylic oxidation sites excluding steroid dienone is 11. The molecular weight excluding hydrogens is 1010 g/mol. The van der Waals surface area contributed by atoms with Gasteiger partial charge in [0.25, 0.3) is 7.82 Å². The number of rotatable bonds is 61. The molecule has 0 heterocycles. The number of unbranched alkanes of at least 4 members (excludes halogenated alkanes) is 35. The maximum atomic E-state index is 13.6. The van der Waals surface area contributed by atoms with E-state index in [1.54, 1.807) is 0 Å². The zero-order valence-corrected chi connectivity index (χ0v) is 54.2. The van der Waals surface area contributed by atoms with Crippen LogP contribution in [0.1, 0.15) is 310 Å². The van der Waals surface area contributed by atoms with Gasteiger partial charge in [-0.15, -0.1) is 0 Å². The summed E-state index contributed by atoms with van der Waals surface area (Å²) in [6.07, 6.45) is 77.3. The minimum atomic E-state index is -4.70. The lowest BCUT2D eigenvalue weighted by Crippen LogP contribution is -2.47. The number of ether oxygens (including phenoxy) is 1. The number of carbonyl (C=O) groups excluding carboxylic acids is 2. The van der Waals surface area contributed by atoms with E-state index < -0.39 is 20.0 Å². The number of phosphoric acid groups is 1. The van der Waals surface area contributed by atoms with E-state index in [1.165, 1.54) is 180 Å². The number of hydrogen-bond acceptors (Lipinski definition) is 7. The lowest BCUT2D eigenvalue weighted by Gasteiger charge is -2.30. The summed E-state index contributed by atoms with van der Waals surface area (Å²) in [5.74, 6) is -0.535. The maximum absolute atomic E-state index is 13.6. The van der Waals surface area contributed by atoms with E-state index in [0.29, 0.717) is 17.4 Å². The molecule has 1 N–H and O–H groups in total. The molecule has 0 saturated heterocycles. The van der Waals surface area contributed by atoms with E-state index in [-0.39, 0.29) is 31.5 Å². The number of carbonyl (C=O) groups is 2. The van der Waals surface area contributed by atoms with E-state index in [9.17, 15) is 19.0 Å². The average Bonchev–Trinajstić information content (AvgIpc) is 3.42. The van der Waals surface area contributed by atoms with Crippen molar-refractivity contribution in [3.63, 3.8) is 0 Å². The smallest absolute Gasteiger partial charge is 0.306 e. The fraction of sp³-hybridized carbons (Fsp3) is 0.800. The Hall–Kier alpha value is -2.55. The Morgan fingerprint density at radius 3 is 1.20 bits per heavy atom. The summed E-state index contributed by atoms with van der Waals surface area (Å²) in [4.78, 5) is 40.1. The summed E-state index contributed by atoms with van der Waals surface area (Å²) in [6, 6.07) is -0.890. The highest BCUT2D eigenvalue weighted by atomic mass is 31.2. The molecule has 466 valence electrons. The van der Waals surface area contributed by atoms with Crippen molar-refractivity contribution in [2.24, 2.45) is 0 Å². The van der Waals surface area contributed by atoms with Crippen LogP contribution in [0.25, 0.3) is 0 Å². The standard InChI is InChI=1S/C70H129N2O7P/c1-7-10-13-16-19-22-25-28-30-31-32-33-34-35-36-37-38-39-40-41-42-44-47-50-53-56-59-62-69(73)71-67(66-78-80(75,76)77-65-64-72(4,5)6)68(61-58-55-52-49-46-43-27-24-21-18-15-12-9-3)79-70(74)63-60-57-54-51-48-45-29-26-23-20-17-14-11-8-2/h10,13,19,22,28,30,32-33,35-36,58,61,67-68H,7-9,11-12,14-18,20-21,23-27,29,31,34,37-57,59-60,62-66H2,1-6H3,(H-,71,73,75,76)/b13-10-,22-19-,30-28-,33-32-,36-35-,61-58-. The van der Waals surface area contributed by atoms with Gasteiger partial charge in [-0.25, -0.2) is 0 Å². The molecule has 0 aliphatic rings. The van der Waals surface area contributed by atoms with Crippen molar-refractivity contribution >= 4 is 19.7 Å². The van der Waals surface area contributed by atoms with Gasteiger partial charge in [0.2, 0.25) is 5.91 Å². The number of amides is 1. The van der Waals surface area contributed by atoms with Crippen LogP contribution in [0, 0.1) is 0 Å². The van der Waals surface area contributed by atoms with Crippen LogP contribution < -0.4 is 10.2 Å². The van der Waals surface area contributed by atoms with Crippen molar-refractivity contribution in [2.75, 3.05) is 40.9 Å². The quantitative estimate of drug-likeness (QED) is 0.0212. The van der Waals surface area contributed by atoms with Crippen LogP contribution in [0.15, 0.2) is 72.9 Å². The first-order chi connectivity index (χ1) is 38.9. The molecule has 0 rings (SSSR count). The highest BCUT2D eigenvalue weighted by Crippen LogP contribution is 2.38. The van der Waals surface area contributed by atoms with Crippen molar-refractivity contribution in [1.29, 1.82) is 0 Å². The number of phosphoric ester groups is 1. The van der Waals surface area contributed by atoms with Crippen molar-refractivity contribution in [1.82, 2.24) is 5.32 Å². The van der Waals surface area contributed by atoms with Crippen molar-refractivity contribution in [2.45, 2.75) is 322 Å². The number of esters is 1. The Morgan fingerprint density at radius 1 is 0.450 bits per heavy atom. The zero-order valence-electron chi connectivity index (χ0n) is 53.3. The third-order valence-corrected chi connectivity index (χ3v) is 15.9. The van der Waals surface area contributed by atoms with Gasteiger partial charge in [0.15, 0.2) is 0 Å². The Kier molecular flexibility index (Phi) is 57.7. The topological polar surface area (TPSA) is 114 Å². The average molecular weight is 1140 g/mol. The fourth-order valence-electron chi connectivity index (χ4n) is 9.73. The first-order valence-corrected chi connectivity index (χ1v) is 35.2. The van der Waals surface area contributed by atoms with E-state index in [1.807, 2.05) is 33.3 Å². The van der Waals surface area contributed by atoms with Gasteiger partial charge < -0.3 is 28.5 Å². The number of quaternary nitrogens is 1. The molecule has 9 nitrogen and oxygen atoms in total. The molecule has 10 heteroatoms. The molecule has 3 atom stereocenters. The molecule has 0 saturated carbocycles. The first-order valence-electron chi connectivity index (χ1n) is 33.7. The third-order valence-electron chi connectivity index (χ3n) is 14.9. The van der Waals surface area contributed by atoms with Crippen LogP contribution in [0.5, 0.6) is 0 Å². The van der Waals surface area contributed by atoms with Gasteiger partial charge in [0.05, 0.1) is 33.8 Å². The molecule has 0 radical (unpaired) electrons. The molecule has 80 heavy (non-hydrogen) atoms. The van der Waals surface area contributed by atoms with E-state index in [4.69, 9.17) is 13.8 Å². The molecule has 0 bridgehead atoms. The second-order valence-electron chi connectivity index (χ2n) is 24.0. The Balaban J connectivity index is 5.07. The molecule has 0 spiro atoms. The lowest BCUT2D eigenvalue weighted by molar-refractivity contribution is -0.870. The fourth-order valence-corrected chi connectivity index (χ4v) is 10.5. The number of nitrogens with zero attached hydrogens (tertiary/aromatic N) is 1. The molecule has 1 amide bonds. The van der Waals surface area contributed by atoms with Crippen molar-refractivity contribution in [3.8, 4) is 0 Å². The summed E-state index contributed by atoms with van der Waals surface area (Å²) in [6.45, 7) is 6.76. The third kappa shape index (κ3) is 60.1. The predicted octanol–water partition coefficient (Wildman–Crippen LogP) is 20.5. The monoisotopic (exact) mass is 1140 g/mol. The molecule has 0 aliphatic heterocycles. The van der Waals surface area contributed by atoms with Crippen LogP contribution in [0.4, 0.5) is 0 Å². The van der Waals surface area contributed by atoms with Gasteiger partial charge in [0.1, 0.15) is 19.3 Å². The second-order valence-corrected chi connectivity index (χ2v) is 25.4. The molecule has 0 aromatic carbocycles. The van der Waals surface area contributed by atoms with Crippen LogP contribution >= 0.6 is 7.82 Å². The van der Waals surface area contributed by atoms with Crippen LogP contribution in [0.3, 0.4) is 0 Å². The van der Waals surface area contributed by atoms with Gasteiger partial charge in [0, 0.05) is 12.8 Å². The molecule has 0 aromatic heterocycles. The number of hydrogen-bond donors (Lipinski definition) is 1. The Morgan fingerprint density at radius 2 is 0.800 bits per heavy atom. The van der Waals surface area contributed by atoms with Gasteiger partial charge in [-0.3, -0.25) is 14.2 Å². The van der Waals surface area contributed by atoms with E-state index >= 15 is 0 Å². The summed E-state index contributed by atoms with van der Waals surface area (Å²) in [5.41, 5.74) is 0. The highest BCUT2D eigenvalue weighted by Gasteiger charge is 2.27. The lowest BCUT2D eigenvalue weighted by atomic mass is 10.0. The second kappa shape index (κ2) is 59.6. The molecular formula is C70H129N2O7P. The van der Waals surface area contributed by atoms with Crippen molar-refractivity contribution in [3.05, 3.63) is 72.9 Å².